The lowest BCUT2D eigenvalue weighted by molar-refractivity contribution is -0.136. The van der Waals surface area contributed by atoms with Gasteiger partial charge in [0.1, 0.15) is 12.4 Å². The summed E-state index contributed by atoms with van der Waals surface area (Å²) in [5.41, 5.74) is 4.30. The third-order valence-corrected chi connectivity index (χ3v) is 4.14. The van der Waals surface area contributed by atoms with Crippen molar-refractivity contribution in [1.29, 1.82) is 0 Å². The van der Waals surface area contributed by atoms with E-state index in [2.05, 4.69) is 15.8 Å². The number of halogens is 1. The van der Waals surface area contributed by atoms with E-state index in [1.165, 1.54) is 6.21 Å². The van der Waals surface area contributed by atoms with E-state index >= 15 is 0 Å². The third-order valence-electron chi connectivity index (χ3n) is 3.81. The van der Waals surface area contributed by atoms with Crippen molar-refractivity contribution in [3.8, 4) is 5.75 Å². The number of amides is 2. The Bertz CT molecular complexity index is 1020. The number of rotatable bonds is 6. The molecule has 0 radical (unpaired) electrons. The Morgan fingerprint density at radius 3 is 2.48 bits per heavy atom. The molecule has 3 aromatic carbocycles. The second-order valence-corrected chi connectivity index (χ2v) is 6.39. The largest absolute Gasteiger partial charge is 0.489 e. The molecule has 29 heavy (non-hydrogen) atoms. The third kappa shape index (κ3) is 6.19. The highest BCUT2D eigenvalue weighted by atomic mass is 35.5. The number of para-hydroxylation sites is 1. The summed E-state index contributed by atoms with van der Waals surface area (Å²) in [7, 11) is 0. The predicted octanol–water partition coefficient (Wildman–Crippen LogP) is 4.01. The molecule has 2 N–H and O–H groups in total. The van der Waals surface area contributed by atoms with E-state index in [4.69, 9.17) is 16.3 Å². The second-order valence-electron chi connectivity index (χ2n) is 5.98. The van der Waals surface area contributed by atoms with Crippen molar-refractivity contribution in [2.45, 2.75) is 6.61 Å². The maximum Gasteiger partial charge on any atom is 0.329 e. The van der Waals surface area contributed by atoms with Crippen molar-refractivity contribution in [3.63, 3.8) is 0 Å². The number of ether oxygens (including phenoxy) is 1. The first-order chi connectivity index (χ1) is 14.1. The predicted molar refractivity (Wildman–Crippen MR) is 113 cm³/mol. The summed E-state index contributed by atoms with van der Waals surface area (Å²) < 4.78 is 5.75. The Hall–Kier alpha value is -3.64. The molecule has 7 heteroatoms. The van der Waals surface area contributed by atoms with Crippen LogP contribution in [-0.2, 0) is 16.2 Å². The van der Waals surface area contributed by atoms with Crippen LogP contribution in [0.2, 0.25) is 5.02 Å². The molecular weight excluding hydrogens is 390 g/mol. The van der Waals surface area contributed by atoms with E-state index in [1.54, 1.807) is 36.4 Å². The maximum atomic E-state index is 11.9. The number of hydrogen-bond donors (Lipinski definition) is 2. The molecule has 0 saturated heterocycles. The quantitative estimate of drug-likeness (QED) is 0.368. The Kier molecular flexibility index (Phi) is 6.97. The van der Waals surface area contributed by atoms with Gasteiger partial charge < -0.3 is 10.1 Å². The number of anilines is 1. The number of nitrogens with zero attached hydrogens (tertiary/aromatic N) is 1. The summed E-state index contributed by atoms with van der Waals surface area (Å²) >= 11 is 5.95. The van der Waals surface area contributed by atoms with Gasteiger partial charge >= 0.3 is 11.8 Å². The van der Waals surface area contributed by atoms with E-state index in [9.17, 15) is 9.59 Å². The van der Waals surface area contributed by atoms with Gasteiger partial charge in [0.25, 0.3) is 0 Å². The molecular formula is C22H18ClN3O3. The van der Waals surface area contributed by atoms with Gasteiger partial charge in [-0.15, -0.1) is 0 Å². The van der Waals surface area contributed by atoms with Crippen LogP contribution >= 0.6 is 11.6 Å². The molecule has 146 valence electrons. The molecule has 0 heterocycles. The average Bonchev–Trinajstić information content (AvgIpc) is 2.75. The second kappa shape index (κ2) is 10.1. The van der Waals surface area contributed by atoms with Crippen molar-refractivity contribution in [2.75, 3.05) is 5.32 Å². The molecule has 0 saturated carbocycles. The zero-order valence-electron chi connectivity index (χ0n) is 15.3. The molecule has 0 atom stereocenters. The van der Waals surface area contributed by atoms with E-state index in [0.717, 1.165) is 5.56 Å². The normalized spacial score (nSPS) is 10.5. The summed E-state index contributed by atoms with van der Waals surface area (Å²) in [6, 6.07) is 23.7. The standard InChI is InChI=1S/C22H18ClN3O3/c23-19-11-4-5-12-20(19)25-21(27)22(28)26-24-14-17-9-6-10-18(13-17)29-15-16-7-2-1-3-8-16/h1-14H,15H2,(H,25,27)(H,26,28). The van der Waals surface area contributed by atoms with Crippen LogP contribution in [0.3, 0.4) is 0 Å². The average molecular weight is 408 g/mol. The highest BCUT2D eigenvalue weighted by molar-refractivity contribution is 6.41. The minimum Gasteiger partial charge on any atom is -0.489 e. The summed E-state index contributed by atoms with van der Waals surface area (Å²) in [4.78, 5) is 23.8. The number of carbonyl (C=O) groups excluding carboxylic acids is 2. The van der Waals surface area contributed by atoms with Crippen LogP contribution in [0, 0.1) is 0 Å². The van der Waals surface area contributed by atoms with Crippen LogP contribution in [-0.4, -0.2) is 18.0 Å². The first kappa shape index (κ1) is 20.1. The molecule has 2 amide bonds. The monoisotopic (exact) mass is 407 g/mol. The van der Waals surface area contributed by atoms with Gasteiger partial charge in [-0.1, -0.05) is 66.2 Å². The number of benzene rings is 3. The van der Waals surface area contributed by atoms with Crippen LogP contribution in [0.5, 0.6) is 5.75 Å². The van der Waals surface area contributed by atoms with Crippen molar-refractivity contribution >= 4 is 35.3 Å². The lowest BCUT2D eigenvalue weighted by Crippen LogP contribution is -2.32. The molecule has 0 bridgehead atoms. The maximum absolute atomic E-state index is 11.9. The van der Waals surface area contributed by atoms with Gasteiger partial charge in [-0.25, -0.2) is 5.43 Å². The van der Waals surface area contributed by atoms with Gasteiger partial charge in [0.15, 0.2) is 0 Å². The van der Waals surface area contributed by atoms with Gasteiger partial charge in [-0.05, 0) is 35.4 Å². The van der Waals surface area contributed by atoms with Gasteiger partial charge in [0.05, 0.1) is 16.9 Å². The van der Waals surface area contributed by atoms with Crippen LogP contribution in [0.15, 0.2) is 84.0 Å². The molecule has 3 rings (SSSR count). The molecule has 0 unspecified atom stereocenters. The van der Waals surface area contributed by atoms with E-state index in [0.29, 0.717) is 28.6 Å². The Balaban J connectivity index is 1.52. The van der Waals surface area contributed by atoms with Crippen molar-refractivity contribution in [3.05, 3.63) is 95.0 Å². The summed E-state index contributed by atoms with van der Waals surface area (Å²) in [6.45, 7) is 0.445. The van der Waals surface area contributed by atoms with Gasteiger partial charge in [0, 0.05) is 0 Å². The van der Waals surface area contributed by atoms with Crippen LogP contribution in [0.25, 0.3) is 0 Å². The smallest absolute Gasteiger partial charge is 0.329 e. The van der Waals surface area contributed by atoms with Crippen molar-refractivity contribution in [1.82, 2.24) is 5.43 Å². The Morgan fingerprint density at radius 1 is 0.931 bits per heavy atom. The minimum atomic E-state index is -0.905. The number of carbonyl (C=O) groups is 2. The van der Waals surface area contributed by atoms with Crippen LogP contribution < -0.4 is 15.5 Å². The number of nitrogens with one attached hydrogen (secondary N) is 2. The Labute approximate surface area is 173 Å². The van der Waals surface area contributed by atoms with Crippen LogP contribution in [0.4, 0.5) is 5.69 Å². The number of hydrogen-bond acceptors (Lipinski definition) is 4. The Morgan fingerprint density at radius 2 is 1.69 bits per heavy atom. The molecule has 0 fully saturated rings. The van der Waals surface area contributed by atoms with Crippen molar-refractivity contribution < 1.29 is 14.3 Å². The topological polar surface area (TPSA) is 79.8 Å². The van der Waals surface area contributed by atoms with Gasteiger partial charge in [-0.3, -0.25) is 9.59 Å². The van der Waals surface area contributed by atoms with Crippen LogP contribution in [0.1, 0.15) is 11.1 Å². The van der Waals surface area contributed by atoms with Gasteiger partial charge in [0.2, 0.25) is 0 Å². The highest BCUT2D eigenvalue weighted by Gasteiger charge is 2.14. The molecule has 0 spiro atoms. The summed E-state index contributed by atoms with van der Waals surface area (Å²) in [5.74, 6) is -1.10. The highest BCUT2D eigenvalue weighted by Crippen LogP contribution is 2.20. The zero-order valence-corrected chi connectivity index (χ0v) is 16.1. The molecule has 0 aliphatic rings. The lowest BCUT2D eigenvalue weighted by atomic mass is 10.2. The fraction of sp³-hybridized carbons (Fsp3) is 0.0455. The first-order valence-corrected chi connectivity index (χ1v) is 9.15. The molecule has 0 aliphatic heterocycles. The van der Waals surface area contributed by atoms with E-state index in [1.807, 2.05) is 42.5 Å². The van der Waals surface area contributed by atoms with E-state index in [-0.39, 0.29) is 0 Å². The summed E-state index contributed by atoms with van der Waals surface area (Å²) in [6.07, 6.45) is 1.43. The minimum absolute atomic E-state index is 0.337. The summed E-state index contributed by atoms with van der Waals surface area (Å²) in [5, 5.41) is 6.57. The zero-order chi connectivity index (χ0) is 20.5. The molecule has 3 aromatic rings. The molecule has 0 aliphatic carbocycles. The van der Waals surface area contributed by atoms with E-state index < -0.39 is 11.8 Å². The van der Waals surface area contributed by atoms with Crippen molar-refractivity contribution in [2.24, 2.45) is 5.10 Å². The fourth-order valence-corrected chi connectivity index (χ4v) is 2.57. The number of hydrazone groups is 1. The first-order valence-electron chi connectivity index (χ1n) is 8.77. The van der Waals surface area contributed by atoms with Gasteiger partial charge in [-0.2, -0.15) is 5.10 Å². The SMILES string of the molecule is O=C(NN=Cc1cccc(OCc2ccccc2)c1)C(=O)Nc1ccccc1Cl. The molecule has 6 nitrogen and oxygen atoms in total. The molecule has 0 aromatic heterocycles. The fourth-order valence-electron chi connectivity index (χ4n) is 2.38. The lowest BCUT2D eigenvalue weighted by Gasteiger charge is -2.07.